The Kier molecular flexibility index (Phi) is 7.14. The standard InChI is InChI=1S/C17H34N2O2/c1-7-21-16(20)17(6,18-13(2)3)12-15(5)19-10-8-14(4)9-11-19/h13-15,18H,7-12H2,1-6H3. The van der Waals surface area contributed by atoms with Gasteiger partial charge < -0.3 is 9.64 Å². The zero-order valence-electron chi connectivity index (χ0n) is 14.7. The van der Waals surface area contributed by atoms with Gasteiger partial charge in [0, 0.05) is 12.1 Å². The lowest BCUT2D eigenvalue weighted by Crippen LogP contribution is -2.56. The van der Waals surface area contributed by atoms with E-state index in [0.29, 0.717) is 12.6 Å². The molecule has 4 nitrogen and oxygen atoms in total. The van der Waals surface area contributed by atoms with Crippen LogP contribution in [0.2, 0.25) is 0 Å². The number of likely N-dealkylation sites (tertiary alicyclic amines) is 1. The third-order valence-electron chi connectivity index (χ3n) is 4.48. The van der Waals surface area contributed by atoms with Gasteiger partial charge >= 0.3 is 5.97 Å². The van der Waals surface area contributed by atoms with Gasteiger partial charge in [-0.05, 0) is 72.9 Å². The van der Waals surface area contributed by atoms with Gasteiger partial charge in [0.1, 0.15) is 5.54 Å². The van der Waals surface area contributed by atoms with Crippen LogP contribution >= 0.6 is 0 Å². The summed E-state index contributed by atoms with van der Waals surface area (Å²) in [5, 5.41) is 3.42. The Morgan fingerprint density at radius 3 is 2.38 bits per heavy atom. The molecule has 0 aromatic carbocycles. The second-order valence-corrected chi connectivity index (χ2v) is 7.12. The van der Waals surface area contributed by atoms with Gasteiger partial charge in [0.05, 0.1) is 6.61 Å². The molecule has 1 aliphatic heterocycles. The van der Waals surface area contributed by atoms with E-state index >= 15 is 0 Å². The van der Waals surface area contributed by atoms with E-state index in [4.69, 9.17) is 4.74 Å². The maximum absolute atomic E-state index is 12.4. The minimum Gasteiger partial charge on any atom is -0.465 e. The van der Waals surface area contributed by atoms with E-state index in [1.807, 2.05) is 13.8 Å². The number of rotatable bonds is 7. The molecule has 1 aliphatic rings. The highest BCUT2D eigenvalue weighted by atomic mass is 16.5. The smallest absolute Gasteiger partial charge is 0.326 e. The number of hydrogen-bond donors (Lipinski definition) is 1. The van der Waals surface area contributed by atoms with Crippen molar-refractivity contribution in [2.24, 2.45) is 5.92 Å². The average Bonchev–Trinajstić information content (AvgIpc) is 2.38. The van der Waals surface area contributed by atoms with Gasteiger partial charge in [-0.3, -0.25) is 10.1 Å². The number of piperidine rings is 1. The summed E-state index contributed by atoms with van der Waals surface area (Å²) in [4.78, 5) is 14.9. The van der Waals surface area contributed by atoms with Crippen molar-refractivity contribution in [3.8, 4) is 0 Å². The van der Waals surface area contributed by atoms with Gasteiger partial charge in [-0.2, -0.15) is 0 Å². The van der Waals surface area contributed by atoms with E-state index in [-0.39, 0.29) is 12.0 Å². The zero-order chi connectivity index (χ0) is 16.0. The van der Waals surface area contributed by atoms with Crippen LogP contribution in [0.15, 0.2) is 0 Å². The van der Waals surface area contributed by atoms with Crippen LogP contribution in [0.25, 0.3) is 0 Å². The Balaban J connectivity index is 2.68. The fourth-order valence-corrected chi connectivity index (χ4v) is 3.32. The molecule has 0 aromatic heterocycles. The molecule has 0 saturated carbocycles. The highest BCUT2D eigenvalue weighted by molar-refractivity contribution is 5.80. The van der Waals surface area contributed by atoms with Crippen LogP contribution in [0.5, 0.6) is 0 Å². The van der Waals surface area contributed by atoms with Crippen LogP contribution in [-0.2, 0) is 9.53 Å². The lowest BCUT2D eigenvalue weighted by Gasteiger charge is -2.39. The second kappa shape index (κ2) is 8.14. The minimum atomic E-state index is -0.605. The normalized spacial score (nSPS) is 22.0. The SMILES string of the molecule is CCOC(=O)C(C)(CC(C)N1CCC(C)CC1)NC(C)C. The molecule has 0 bridgehead atoms. The van der Waals surface area contributed by atoms with Crippen LogP contribution in [0.4, 0.5) is 0 Å². The van der Waals surface area contributed by atoms with E-state index in [1.165, 1.54) is 12.8 Å². The number of esters is 1. The van der Waals surface area contributed by atoms with Crippen LogP contribution in [0, 0.1) is 5.92 Å². The van der Waals surface area contributed by atoms with E-state index in [2.05, 4.69) is 37.9 Å². The van der Waals surface area contributed by atoms with Gasteiger partial charge in [0.2, 0.25) is 0 Å². The van der Waals surface area contributed by atoms with E-state index < -0.39 is 5.54 Å². The predicted molar refractivity (Wildman–Crippen MR) is 87.4 cm³/mol. The molecule has 1 fully saturated rings. The molecule has 1 rings (SSSR count). The first-order valence-electron chi connectivity index (χ1n) is 8.47. The molecule has 2 unspecified atom stereocenters. The molecule has 21 heavy (non-hydrogen) atoms. The van der Waals surface area contributed by atoms with Crippen molar-refractivity contribution in [1.29, 1.82) is 0 Å². The first-order chi connectivity index (χ1) is 9.78. The summed E-state index contributed by atoms with van der Waals surface area (Å²) in [6.07, 6.45) is 3.31. The summed E-state index contributed by atoms with van der Waals surface area (Å²) in [6, 6.07) is 0.645. The minimum absolute atomic E-state index is 0.129. The summed E-state index contributed by atoms with van der Waals surface area (Å²) >= 11 is 0. The fraction of sp³-hybridized carbons (Fsp3) is 0.941. The van der Waals surface area contributed by atoms with Gasteiger partial charge in [-0.15, -0.1) is 0 Å². The van der Waals surface area contributed by atoms with Gasteiger partial charge in [-0.1, -0.05) is 6.92 Å². The second-order valence-electron chi connectivity index (χ2n) is 7.12. The number of nitrogens with zero attached hydrogens (tertiary/aromatic N) is 1. The predicted octanol–water partition coefficient (Wildman–Crippen LogP) is 2.82. The van der Waals surface area contributed by atoms with Crippen molar-refractivity contribution in [2.75, 3.05) is 19.7 Å². The molecular formula is C17H34N2O2. The molecule has 1 heterocycles. The third kappa shape index (κ3) is 5.59. The molecule has 0 spiro atoms. The zero-order valence-corrected chi connectivity index (χ0v) is 14.7. The summed E-state index contributed by atoms with van der Waals surface area (Å²) in [6.45, 7) is 15.3. The third-order valence-corrected chi connectivity index (χ3v) is 4.48. The Morgan fingerprint density at radius 1 is 1.33 bits per heavy atom. The summed E-state index contributed by atoms with van der Waals surface area (Å²) in [5.41, 5.74) is -0.605. The highest BCUT2D eigenvalue weighted by Gasteiger charge is 2.38. The summed E-state index contributed by atoms with van der Waals surface area (Å²) < 4.78 is 5.29. The first-order valence-corrected chi connectivity index (χ1v) is 8.47. The van der Waals surface area contributed by atoms with E-state index in [0.717, 1.165) is 25.4 Å². The van der Waals surface area contributed by atoms with Gasteiger partial charge in [-0.25, -0.2) is 0 Å². The molecule has 1 N–H and O–H groups in total. The Labute approximate surface area is 130 Å². The van der Waals surface area contributed by atoms with Crippen molar-refractivity contribution >= 4 is 5.97 Å². The number of nitrogens with one attached hydrogen (secondary N) is 1. The quantitative estimate of drug-likeness (QED) is 0.734. The molecule has 4 heteroatoms. The van der Waals surface area contributed by atoms with Crippen LogP contribution in [0.3, 0.4) is 0 Å². The largest absolute Gasteiger partial charge is 0.465 e. The summed E-state index contributed by atoms with van der Waals surface area (Å²) in [7, 11) is 0. The highest BCUT2D eigenvalue weighted by Crippen LogP contribution is 2.24. The Bertz CT molecular complexity index is 325. The van der Waals surface area contributed by atoms with Gasteiger partial charge in [0.25, 0.3) is 0 Å². The maximum atomic E-state index is 12.4. The Morgan fingerprint density at radius 2 is 1.90 bits per heavy atom. The topological polar surface area (TPSA) is 41.6 Å². The fourth-order valence-electron chi connectivity index (χ4n) is 3.32. The molecule has 0 aliphatic carbocycles. The Hall–Kier alpha value is -0.610. The maximum Gasteiger partial charge on any atom is 0.326 e. The molecule has 1 saturated heterocycles. The molecule has 0 amide bonds. The monoisotopic (exact) mass is 298 g/mol. The van der Waals surface area contributed by atoms with E-state index in [1.54, 1.807) is 0 Å². The van der Waals surface area contributed by atoms with Crippen molar-refractivity contribution in [1.82, 2.24) is 10.2 Å². The molecule has 124 valence electrons. The average molecular weight is 298 g/mol. The summed E-state index contributed by atoms with van der Waals surface area (Å²) in [5.74, 6) is 0.703. The van der Waals surface area contributed by atoms with Crippen molar-refractivity contribution in [3.05, 3.63) is 0 Å². The van der Waals surface area contributed by atoms with Crippen LogP contribution in [0.1, 0.15) is 60.8 Å². The van der Waals surface area contributed by atoms with Crippen LogP contribution < -0.4 is 5.32 Å². The van der Waals surface area contributed by atoms with Crippen LogP contribution in [-0.4, -0.2) is 48.2 Å². The number of carbonyl (C=O) groups excluding carboxylic acids is 1. The lowest BCUT2D eigenvalue weighted by atomic mass is 9.90. The van der Waals surface area contributed by atoms with Gasteiger partial charge in [0.15, 0.2) is 0 Å². The molecule has 0 radical (unpaired) electrons. The molecule has 2 atom stereocenters. The van der Waals surface area contributed by atoms with Crippen molar-refractivity contribution in [3.63, 3.8) is 0 Å². The number of ether oxygens (including phenoxy) is 1. The first kappa shape index (κ1) is 18.4. The number of hydrogen-bond acceptors (Lipinski definition) is 4. The molecule has 0 aromatic rings. The van der Waals surface area contributed by atoms with E-state index in [9.17, 15) is 4.79 Å². The van der Waals surface area contributed by atoms with Crippen molar-refractivity contribution < 1.29 is 9.53 Å². The lowest BCUT2D eigenvalue weighted by molar-refractivity contribution is -0.151. The number of carbonyl (C=O) groups is 1. The molecular weight excluding hydrogens is 264 g/mol. The van der Waals surface area contributed by atoms with Crippen molar-refractivity contribution in [2.45, 2.75) is 78.4 Å².